The molecule has 33 heavy (non-hydrogen) atoms. The topological polar surface area (TPSA) is 114 Å². The third-order valence-electron chi connectivity index (χ3n) is 5.70. The molecule has 1 atom stereocenters. The van der Waals surface area contributed by atoms with Crippen molar-refractivity contribution in [1.82, 2.24) is 10.0 Å². The lowest BCUT2D eigenvalue weighted by Crippen LogP contribution is -2.50. The van der Waals surface area contributed by atoms with Crippen molar-refractivity contribution < 1.29 is 27.1 Å². The molecule has 0 aromatic heterocycles. The van der Waals surface area contributed by atoms with Gasteiger partial charge >= 0.3 is 0 Å². The van der Waals surface area contributed by atoms with Crippen molar-refractivity contribution in [2.24, 2.45) is 0 Å². The summed E-state index contributed by atoms with van der Waals surface area (Å²) < 4.78 is 47.0. The van der Waals surface area contributed by atoms with Crippen molar-refractivity contribution in [2.45, 2.75) is 43.0 Å². The summed E-state index contributed by atoms with van der Waals surface area (Å²) in [4.78, 5) is 23.8. The van der Waals surface area contributed by atoms with Crippen molar-refractivity contribution in [3.05, 3.63) is 59.9 Å². The highest BCUT2D eigenvalue weighted by atomic mass is 32.2. The molecule has 0 saturated carbocycles. The highest BCUT2D eigenvalue weighted by Gasteiger charge is 2.35. The largest absolute Gasteiger partial charge is 0.381 e. The third-order valence-corrected chi connectivity index (χ3v) is 7.25. The van der Waals surface area contributed by atoms with Gasteiger partial charge in [-0.1, -0.05) is 12.1 Å². The highest BCUT2D eigenvalue weighted by Crippen LogP contribution is 2.34. The monoisotopic (exact) mass is 477 g/mol. The molecule has 2 aromatic rings. The van der Waals surface area contributed by atoms with E-state index in [-0.39, 0.29) is 23.2 Å². The predicted octanol–water partition coefficient (Wildman–Crippen LogP) is 2.32. The van der Waals surface area contributed by atoms with Gasteiger partial charge in [-0.3, -0.25) is 9.59 Å². The van der Waals surface area contributed by atoms with Crippen molar-refractivity contribution in [1.29, 1.82) is 0 Å². The lowest BCUT2D eigenvalue weighted by Gasteiger charge is -2.38. The molecule has 1 aliphatic rings. The average Bonchev–Trinajstić information content (AvgIpc) is 2.78. The van der Waals surface area contributed by atoms with Crippen molar-refractivity contribution >= 4 is 27.5 Å². The van der Waals surface area contributed by atoms with E-state index in [1.54, 1.807) is 6.07 Å². The Morgan fingerprint density at radius 2 is 1.79 bits per heavy atom. The van der Waals surface area contributed by atoms with E-state index < -0.39 is 27.4 Å². The van der Waals surface area contributed by atoms with E-state index in [0.29, 0.717) is 31.7 Å². The molecule has 3 rings (SSSR count). The van der Waals surface area contributed by atoms with Crippen molar-refractivity contribution in [3.8, 4) is 0 Å². The van der Waals surface area contributed by atoms with E-state index >= 15 is 0 Å². The second-order valence-electron chi connectivity index (χ2n) is 8.17. The van der Waals surface area contributed by atoms with Crippen LogP contribution in [-0.4, -0.2) is 46.0 Å². The van der Waals surface area contributed by atoms with Crippen LogP contribution in [0, 0.1) is 5.82 Å². The number of carbonyl (C=O) groups excluding carboxylic acids is 2. The highest BCUT2D eigenvalue weighted by molar-refractivity contribution is 7.89. The summed E-state index contributed by atoms with van der Waals surface area (Å²) in [5.41, 5.74) is 0.749. The maximum absolute atomic E-state index is 13.8. The summed E-state index contributed by atoms with van der Waals surface area (Å²) in [6.07, 6.45) is 1.22. The number of anilines is 1. The van der Waals surface area contributed by atoms with Crippen LogP contribution < -0.4 is 15.4 Å². The molecular formula is C23H28FN3O5S. The van der Waals surface area contributed by atoms with Crippen molar-refractivity contribution in [3.63, 3.8) is 0 Å². The van der Waals surface area contributed by atoms with Gasteiger partial charge in [0.15, 0.2) is 0 Å². The molecule has 0 spiro atoms. The van der Waals surface area contributed by atoms with Gasteiger partial charge in [0, 0.05) is 37.8 Å². The summed E-state index contributed by atoms with van der Waals surface area (Å²) in [7, 11) is -3.96. The minimum Gasteiger partial charge on any atom is -0.381 e. The molecule has 0 aliphatic carbocycles. The van der Waals surface area contributed by atoms with Crippen LogP contribution in [-0.2, 0) is 29.8 Å². The quantitative estimate of drug-likeness (QED) is 0.540. The van der Waals surface area contributed by atoms with Crippen LogP contribution in [0.3, 0.4) is 0 Å². The Hall–Kier alpha value is -2.82. The number of rotatable bonds is 8. The Morgan fingerprint density at radius 3 is 2.39 bits per heavy atom. The molecule has 1 heterocycles. The Labute approximate surface area is 193 Å². The van der Waals surface area contributed by atoms with Crippen LogP contribution >= 0.6 is 0 Å². The first kappa shape index (κ1) is 24.8. The smallest absolute Gasteiger partial charge is 0.241 e. The summed E-state index contributed by atoms with van der Waals surface area (Å²) in [6, 6.07) is 10.9. The van der Waals surface area contributed by atoms with Gasteiger partial charge in [-0.05, 0) is 61.7 Å². The molecule has 0 radical (unpaired) electrons. The van der Waals surface area contributed by atoms with E-state index in [9.17, 15) is 22.4 Å². The van der Waals surface area contributed by atoms with Crippen LogP contribution in [0.2, 0.25) is 0 Å². The molecule has 178 valence electrons. The van der Waals surface area contributed by atoms with E-state index in [1.165, 1.54) is 50.2 Å². The van der Waals surface area contributed by atoms with Gasteiger partial charge in [0.05, 0.1) is 10.9 Å². The van der Waals surface area contributed by atoms with E-state index in [1.807, 2.05) is 6.07 Å². The van der Waals surface area contributed by atoms with Gasteiger partial charge in [-0.2, -0.15) is 4.72 Å². The van der Waals surface area contributed by atoms with Gasteiger partial charge in [-0.25, -0.2) is 12.8 Å². The average molecular weight is 478 g/mol. The lowest BCUT2D eigenvalue weighted by molar-refractivity contribution is -0.122. The maximum atomic E-state index is 13.8. The summed E-state index contributed by atoms with van der Waals surface area (Å²) in [5.74, 6) is -1.11. The Morgan fingerprint density at radius 1 is 1.12 bits per heavy atom. The Bertz CT molecular complexity index is 1100. The van der Waals surface area contributed by atoms with Gasteiger partial charge in [-0.15, -0.1) is 0 Å². The molecule has 1 aliphatic heterocycles. The zero-order valence-electron chi connectivity index (χ0n) is 18.6. The number of carbonyl (C=O) groups is 2. The number of nitrogens with one attached hydrogen (secondary N) is 3. The summed E-state index contributed by atoms with van der Waals surface area (Å²) in [5, 5.41) is 5.38. The molecule has 10 heteroatoms. The molecule has 2 aromatic carbocycles. The maximum Gasteiger partial charge on any atom is 0.241 e. The fourth-order valence-electron chi connectivity index (χ4n) is 3.83. The van der Waals surface area contributed by atoms with Crippen LogP contribution in [0.4, 0.5) is 10.1 Å². The van der Waals surface area contributed by atoms with Crippen molar-refractivity contribution in [2.75, 3.05) is 25.1 Å². The van der Waals surface area contributed by atoms with Crippen LogP contribution in [0.1, 0.15) is 32.3 Å². The van der Waals surface area contributed by atoms with Gasteiger partial charge < -0.3 is 15.4 Å². The van der Waals surface area contributed by atoms with Crippen LogP contribution in [0.25, 0.3) is 0 Å². The van der Waals surface area contributed by atoms with E-state index in [4.69, 9.17) is 4.74 Å². The third kappa shape index (κ3) is 6.37. The van der Waals surface area contributed by atoms with Crippen LogP contribution in [0.15, 0.2) is 53.4 Å². The SMILES string of the molecule is CC(=O)Nc1ccc(S(=O)(=O)N[C@@H](C)C(=O)NCC2(c3cccc(F)c3)CCOCC2)cc1. The molecule has 1 saturated heterocycles. The number of hydrogen-bond donors (Lipinski definition) is 3. The first-order valence-electron chi connectivity index (χ1n) is 10.6. The first-order chi connectivity index (χ1) is 15.6. The van der Waals surface area contributed by atoms with Crippen LogP contribution in [0.5, 0.6) is 0 Å². The van der Waals surface area contributed by atoms with E-state index in [0.717, 1.165) is 5.56 Å². The van der Waals surface area contributed by atoms with Gasteiger partial charge in [0.2, 0.25) is 21.8 Å². The molecular weight excluding hydrogens is 449 g/mol. The zero-order valence-corrected chi connectivity index (χ0v) is 19.4. The summed E-state index contributed by atoms with van der Waals surface area (Å²) >= 11 is 0. The predicted molar refractivity (Wildman–Crippen MR) is 122 cm³/mol. The molecule has 1 fully saturated rings. The Kier molecular flexibility index (Phi) is 7.83. The Balaban J connectivity index is 1.66. The summed E-state index contributed by atoms with van der Waals surface area (Å²) in [6.45, 7) is 4.02. The molecule has 0 bridgehead atoms. The molecule has 8 nitrogen and oxygen atoms in total. The normalized spacial score (nSPS) is 16.6. The molecule has 2 amide bonds. The second kappa shape index (κ2) is 10.4. The number of hydrogen-bond acceptors (Lipinski definition) is 5. The first-order valence-corrected chi connectivity index (χ1v) is 12.1. The second-order valence-corrected chi connectivity index (χ2v) is 9.88. The van der Waals surface area contributed by atoms with Gasteiger partial charge in [0.25, 0.3) is 0 Å². The number of amides is 2. The fraction of sp³-hybridized carbons (Fsp3) is 0.391. The number of halogens is 1. The minimum atomic E-state index is -3.96. The zero-order chi connectivity index (χ0) is 24.1. The lowest BCUT2D eigenvalue weighted by atomic mass is 9.74. The number of ether oxygens (including phenoxy) is 1. The molecule has 0 unspecified atom stereocenters. The standard InChI is InChI=1S/C23H28FN3O5S/c1-16(27-33(30,31)21-8-6-20(7-9-21)26-17(2)28)22(29)25-15-23(10-12-32-13-11-23)18-4-3-5-19(24)14-18/h3-9,14,16,27H,10-13,15H2,1-2H3,(H,25,29)(H,26,28)/t16-/m0/s1. The fourth-order valence-corrected chi connectivity index (χ4v) is 5.04. The number of sulfonamides is 1. The number of benzene rings is 2. The molecule has 3 N–H and O–H groups in total. The van der Waals surface area contributed by atoms with E-state index in [2.05, 4.69) is 15.4 Å². The van der Waals surface area contributed by atoms with Gasteiger partial charge in [0.1, 0.15) is 5.82 Å². The minimum absolute atomic E-state index is 0.0306.